The van der Waals surface area contributed by atoms with Crippen LogP contribution in [-0.4, -0.2) is 33.1 Å². The van der Waals surface area contributed by atoms with E-state index in [2.05, 4.69) is 5.10 Å². The molecule has 0 fully saturated rings. The third kappa shape index (κ3) is 3.96. The van der Waals surface area contributed by atoms with Gasteiger partial charge >= 0.3 is 11.7 Å². The summed E-state index contributed by atoms with van der Waals surface area (Å²) in [6.07, 6.45) is 0. The van der Waals surface area contributed by atoms with Gasteiger partial charge in [0.2, 0.25) is 5.78 Å². The Hall–Kier alpha value is -3.03. The lowest BCUT2D eigenvalue weighted by atomic mass is 9.98. The minimum atomic E-state index is -0.680. The molecule has 0 N–H and O–H groups in total. The monoisotopic (exact) mass is 359 g/mol. The van der Waals surface area contributed by atoms with E-state index in [0.29, 0.717) is 5.56 Å². The highest BCUT2D eigenvalue weighted by molar-refractivity contribution is 5.99. The van der Waals surface area contributed by atoms with E-state index in [4.69, 9.17) is 4.74 Å². The van der Waals surface area contributed by atoms with Gasteiger partial charge in [0.15, 0.2) is 6.61 Å². The summed E-state index contributed by atoms with van der Waals surface area (Å²) in [4.78, 5) is 34.8. The van der Waals surface area contributed by atoms with E-state index < -0.39 is 10.9 Å². The molecule has 138 valence electrons. The predicted molar refractivity (Wildman–Crippen MR) is 94.3 cm³/mol. The molecule has 2 aromatic rings. The van der Waals surface area contributed by atoms with Gasteiger partial charge in [-0.05, 0) is 57.4 Å². The molecule has 0 spiro atoms. The van der Waals surface area contributed by atoms with Gasteiger partial charge in [-0.2, -0.15) is 5.10 Å². The van der Waals surface area contributed by atoms with Crippen LogP contribution < -0.4 is 0 Å². The lowest BCUT2D eigenvalue weighted by Crippen LogP contribution is -2.20. The summed E-state index contributed by atoms with van der Waals surface area (Å²) in [5.74, 6) is -0.973. The lowest BCUT2D eigenvalue weighted by molar-refractivity contribution is -0.386. The molecule has 8 heteroatoms. The highest BCUT2D eigenvalue weighted by atomic mass is 16.6. The van der Waals surface area contributed by atoms with Gasteiger partial charge in [-0.1, -0.05) is 6.07 Å². The normalized spacial score (nSPS) is 10.7. The Kier molecular flexibility index (Phi) is 5.54. The van der Waals surface area contributed by atoms with Crippen molar-refractivity contribution in [1.82, 2.24) is 9.78 Å². The number of esters is 1. The van der Waals surface area contributed by atoms with Crippen molar-refractivity contribution in [3.63, 3.8) is 0 Å². The second-order valence-electron chi connectivity index (χ2n) is 6.27. The standard InChI is InChI=1S/C18H21N3O5/c1-10-6-12(3)15(7-11(10)2)16(22)9-26-17(23)8-20-14(5)18(21(24)25)13(4)19-20/h6-7H,8-9H2,1-5H3. The van der Waals surface area contributed by atoms with E-state index in [1.54, 1.807) is 6.07 Å². The number of carbonyl (C=O) groups excluding carboxylic acids is 2. The predicted octanol–water partition coefficient (Wildman–Crippen LogP) is 2.76. The van der Waals surface area contributed by atoms with Gasteiger partial charge in [-0.3, -0.25) is 24.4 Å². The first-order valence-corrected chi connectivity index (χ1v) is 8.07. The quantitative estimate of drug-likeness (QED) is 0.340. The molecule has 2 rings (SSSR count). The fourth-order valence-corrected chi connectivity index (χ4v) is 2.76. The van der Waals surface area contributed by atoms with Crippen molar-refractivity contribution in [3.8, 4) is 0 Å². The highest BCUT2D eigenvalue weighted by Crippen LogP contribution is 2.21. The van der Waals surface area contributed by atoms with Gasteiger partial charge in [-0.15, -0.1) is 0 Å². The van der Waals surface area contributed by atoms with E-state index >= 15 is 0 Å². The zero-order valence-electron chi connectivity index (χ0n) is 15.5. The largest absolute Gasteiger partial charge is 0.456 e. The number of carbonyl (C=O) groups is 2. The maximum atomic E-state index is 12.3. The van der Waals surface area contributed by atoms with Gasteiger partial charge in [0.1, 0.15) is 17.9 Å². The van der Waals surface area contributed by atoms with E-state index in [-0.39, 0.29) is 36.0 Å². The number of rotatable bonds is 6. The Morgan fingerprint density at radius 1 is 1.12 bits per heavy atom. The number of ether oxygens (including phenoxy) is 1. The van der Waals surface area contributed by atoms with Gasteiger partial charge in [0, 0.05) is 5.56 Å². The lowest BCUT2D eigenvalue weighted by Gasteiger charge is -2.10. The third-order valence-corrected chi connectivity index (χ3v) is 4.31. The summed E-state index contributed by atoms with van der Waals surface area (Å²) >= 11 is 0. The summed E-state index contributed by atoms with van der Waals surface area (Å²) in [7, 11) is 0. The molecule has 0 amide bonds. The summed E-state index contributed by atoms with van der Waals surface area (Å²) in [6.45, 7) is 8.03. The number of benzene rings is 1. The molecule has 0 radical (unpaired) electrons. The second-order valence-corrected chi connectivity index (χ2v) is 6.27. The molecule has 0 atom stereocenters. The van der Waals surface area contributed by atoms with Crippen molar-refractivity contribution in [1.29, 1.82) is 0 Å². The fraction of sp³-hybridized carbons (Fsp3) is 0.389. The first kappa shape index (κ1) is 19.3. The number of ketones is 1. The van der Waals surface area contributed by atoms with Crippen molar-refractivity contribution < 1.29 is 19.2 Å². The number of hydrogen-bond acceptors (Lipinski definition) is 6. The van der Waals surface area contributed by atoms with Crippen LogP contribution in [-0.2, 0) is 16.1 Å². The van der Waals surface area contributed by atoms with Crippen molar-refractivity contribution in [2.45, 2.75) is 41.2 Å². The Labute approximate surface area is 150 Å². The Morgan fingerprint density at radius 2 is 1.73 bits per heavy atom. The number of Topliss-reactive ketones (excluding diaryl/α,β-unsaturated/α-hetero) is 1. The van der Waals surface area contributed by atoms with Crippen molar-refractivity contribution in [3.05, 3.63) is 55.9 Å². The molecule has 1 aromatic heterocycles. The van der Waals surface area contributed by atoms with Crippen molar-refractivity contribution in [2.24, 2.45) is 0 Å². The Balaban J connectivity index is 2.04. The molecule has 1 aromatic carbocycles. The van der Waals surface area contributed by atoms with Gasteiger partial charge in [0.05, 0.1) is 4.92 Å². The first-order chi connectivity index (χ1) is 12.1. The number of aromatic nitrogens is 2. The van der Waals surface area contributed by atoms with Crippen LogP contribution in [0.3, 0.4) is 0 Å². The molecule has 0 unspecified atom stereocenters. The SMILES string of the molecule is Cc1cc(C)c(C(=O)COC(=O)Cn2nc(C)c([N+](=O)[O-])c2C)cc1C. The van der Waals surface area contributed by atoms with Crippen molar-refractivity contribution >= 4 is 17.4 Å². The van der Waals surface area contributed by atoms with Gasteiger partial charge in [0.25, 0.3) is 0 Å². The molecule has 0 aliphatic rings. The first-order valence-electron chi connectivity index (χ1n) is 8.07. The zero-order chi connectivity index (χ0) is 19.6. The van der Waals surface area contributed by atoms with Crippen LogP contribution >= 0.6 is 0 Å². The molecule has 26 heavy (non-hydrogen) atoms. The molecule has 1 heterocycles. The third-order valence-electron chi connectivity index (χ3n) is 4.31. The van der Waals surface area contributed by atoms with Gasteiger partial charge in [-0.25, -0.2) is 0 Å². The van der Waals surface area contributed by atoms with Crippen LogP contribution in [0.4, 0.5) is 5.69 Å². The van der Waals surface area contributed by atoms with E-state index in [1.807, 2.05) is 26.8 Å². The number of nitrogens with zero attached hydrogens (tertiary/aromatic N) is 3. The smallest absolute Gasteiger partial charge is 0.328 e. The molecule has 0 saturated carbocycles. The van der Waals surface area contributed by atoms with Crippen LogP contribution in [0.25, 0.3) is 0 Å². The van der Waals surface area contributed by atoms with Crippen LogP contribution in [0.1, 0.15) is 38.4 Å². The Morgan fingerprint density at radius 3 is 2.31 bits per heavy atom. The number of nitro groups is 1. The van der Waals surface area contributed by atoms with Gasteiger partial charge < -0.3 is 4.74 Å². The zero-order valence-corrected chi connectivity index (χ0v) is 15.5. The molecule has 0 bridgehead atoms. The molecule has 0 aliphatic heterocycles. The van der Waals surface area contributed by atoms with Crippen molar-refractivity contribution in [2.75, 3.05) is 6.61 Å². The molecular weight excluding hydrogens is 338 g/mol. The Bertz CT molecular complexity index is 899. The average molecular weight is 359 g/mol. The van der Waals surface area contributed by atoms with Crippen LogP contribution in [0.2, 0.25) is 0 Å². The maximum Gasteiger partial charge on any atom is 0.328 e. The topological polar surface area (TPSA) is 104 Å². The maximum absolute atomic E-state index is 12.3. The number of aryl methyl sites for hydroxylation is 4. The summed E-state index contributed by atoms with van der Waals surface area (Å²) in [6, 6.07) is 3.70. The second kappa shape index (κ2) is 7.47. The highest BCUT2D eigenvalue weighted by Gasteiger charge is 2.23. The summed E-state index contributed by atoms with van der Waals surface area (Å²) in [5, 5.41) is 15.0. The van der Waals surface area contributed by atoms with E-state index in [1.165, 1.54) is 18.5 Å². The molecule has 0 aliphatic carbocycles. The fourth-order valence-electron chi connectivity index (χ4n) is 2.76. The minimum Gasteiger partial charge on any atom is -0.456 e. The van der Waals surface area contributed by atoms with E-state index in [0.717, 1.165) is 16.7 Å². The molecule has 0 saturated heterocycles. The summed E-state index contributed by atoms with van der Waals surface area (Å²) < 4.78 is 6.24. The summed E-state index contributed by atoms with van der Waals surface area (Å²) in [5.41, 5.74) is 3.77. The number of hydrogen-bond donors (Lipinski definition) is 0. The minimum absolute atomic E-state index is 0.125. The molecule has 8 nitrogen and oxygen atoms in total. The van der Waals surface area contributed by atoms with Crippen LogP contribution in [0, 0.1) is 44.7 Å². The molecular formula is C18H21N3O5. The van der Waals surface area contributed by atoms with Crippen LogP contribution in [0.15, 0.2) is 12.1 Å². The van der Waals surface area contributed by atoms with E-state index in [9.17, 15) is 19.7 Å². The van der Waals surface area contributed by atoms with Crippen LogP contribution in [0.5, 0.6) is 0 Å². The average Bonchev–Trinajstić information content (AvgIpc) is 2.82.